The van der Waals surface area contributed by atoms with Crippen molar-refractivity contribution >= 4 is 0 Å². The minimum Gasteiger partial charge on any atom is -0.308 e. The molecule has 0 rings (SSSR count). The van der Waals surface area contributed by atoms with Gasteiger partial charge in [0.15, 0.2) is 0 Å². The lowest BCUT2D eigenvalue weighted by atomic mass is 10.0. The Bertz CT molecular complexity index is 244. The van der Waals surface area contributed by atoms with E-state index < -0.39 is 0 Å². The first kappa shape index (κ1) is 22.8. The number of hydrogen-bond acceptors (Lipinski definition) is 4. The van der Waals surface area contributed by atoms with Crippen LogP contribution in [0.3, 0.4) is 0 Å². The smallest absolute Gasteiger partial charge is 0.0110 e. The Kier molecular flexibility index (Phi) is 14.1. The summed E-state index contributed by atoms with van der Waals surface area (Å²) in [5, 5.41) is 0. The molecule has 0 fully saturated rings. The Morgan fingerprint density at radius 3 is 1.57 bits per heavy atom. The molecule has 0 amide bonds. The predicted octanol–water partition coefficient (Wildman–Crippen LogP) is 2.70. The molecule has 0 heterocycles. The topological polar surface area (TPSA) is 13.0 Å². The molecule has 0 N–H and O–H groups in total. The molecule has 4 heteroatoms. The second-order valence-electron chi connectivity index (χ2n) is 7.51. The molecule has 0 aromatic heterocycles. The van der Waals surface area contributed by atoms with Crippen LogP contribution in [0, 0.1) is 0 Å². The van der Waals surface area contributed by atoms with E-state index in [0.29, 0.717) is 0 Å². The molecule has 0 aliphatic heterocycles. The molecule has 0 aromatic carbocycles. The SMILES string of the molecule is CCCCC(CCC)N(C)CCN(CCN(C)C)CCN(C)C. The van der Waals surface area contributed by atoms with E-state index in [9.17, 15) is 0 Å². The molecule has 140 valence electrons. The van der Waals surface area contributed by atoms with Crippen molar-refractivity contribution in [1.82, 2.24) is 19.6 Å². The minimum absolute atomic E-state index is 0.768. The van der Waals surface area contributed by atoms with E-state index >= 15 is 0 Å². The lowest BCUT2D eigenvalue weighted by Crippen LogP contribution is -2.42. The Labute approximate surface area is 146 Å². The fourth-order valence-electron chi connectivity index (χ4n) is 2.86. The van der Waals surface area contributed by atoms with Crippen LogP contribution in [0.4, 0.5) is 0 Å². The molecule has 0 radical (unpaired) electrons. The Hall–Kier alpha value is -0.160. The lowest BCUT2D eigenvalue weighted by molar-refractivity contribution is 0.160. The van der Waals surface area contributed by atoms with E-state index in [4.69, 9.17) is 0 Å². The molecule has 4 nitrogen and oxygen atoms in total. The Morgan fingerprint density at radius 2 is 1.13 bits per heavy atom. The normalized spacial score (nSPS) is 13.7. The first-order chi connectivity index (χ1) is 10.9. The van der Waals surface area contributed by atoms with Gasteiger partial charge < -0.3 is 14.7 Å². The molecule has 0 saturated heterocycles. The molecular formula is C19H44N4. The summed E-state index contributed by atoms with van der Waals surface area (Å²) in [5.41, 5.74) is 0. The zero-order valence-corrected chi connectivity index (χ0v) is 17.1. The van der Waals surface area contributed by atoms with Gasteiger partial charge in [-0.3, -0.25) is 4.90 Å². The van der Waals surface area contributed by atoms with Crippen LogP contribution >= 0.6 is 0 Å². The summed E-state index contributed by atoms with van der Waals surface area (Å²) >= 11 is 0. The molecule has 1 atom stereocenters. The van der Waals surface area contributed by atoms with Crippen LogP contribution in [0.15, 0.2) is 0 Å². The number of hydrogen-bond donors (Lipinski definition) is 0. The van der Waals surface area contributed by atoms with Gasteiger partial charge in [0.25, 0.3) is 0 Å². The maximum Gasteiger partial charge on any atom is 0.0110 e. The Balaban J connectivity index is 4.35. The summed E-state index contributed by atoms with van der Waals surface area (Å²) < 4.78 is 0. The van der Waals surface area contributed by atoms with Crippen LogP contribution in [0.5, 0.6) is 0 Å². The maximum atomic E-state index is 2.62. The molecule has 0 aromatic rings. The predicted molar refractivity (Wildman–Crippen MR) is 104 cm³/mol. The monoisotopic (exact) mass is 328 g/mol. The fraction of sp³-hybridized carbons (Fsp3) is 1.00. The molecule has 0 bridgehead atoms. The highest BCUT2D eigenvalue weighted by Gasteiger charge is 2.15. The van der Waals surface area contributed by atoms with Crippen molar-refractivity contribution in [2.75, 3.05) is 74.5 Å². The summed E-state index contributed by atoms with van der Waals surface area (Å²) in [4.78, 5) is 9.80. The summed E-state index contributed by atoms with van der Waals surface area (Å²) in [6.07, 6.45) is 6.66. The third-order valence-electron chi connectivity index (χ3n) is 4.63. The van der Waals surface area contributed by atoms with Crippen LogP contribution in [-0.4, -0.2) is 100 Å². The maximum absolute atomic E-state index is 2.62. The highest BCUT2D eigenvalue weighted by atomic mass is 15.2. The van der Waals surface area contributed by atoms with E-state index in [1.165, 1.54) is 58.3 Å². The average molecular weight is 329 g/mol. The van der Waals surface area contributed by atoms with Crippen molar-refractivity contribution in [1.29, 1.82) is 0 Å². The van der Waals surface area contributed by atoms with Crippen molar-refractivity contribution in [2.45, 2.75) is 52.0 Å². The summed E-state index contributed by atoms with van der Waals surface area (Å²) in [5.74, 6) is 0. The van der Waals surface area contributed by atoms with Gasteiger partial charge in [-0.05, 0) is 48.1 Å². The number of rotatable bonds is 15. The van der Waals surface area contributed by atoms with Gasteiger partial charge in [-0.25, -0.2) is 0 Å². The second-order valence-corrected chi connectivity index (χ2v) is 7.51. The van der Waals surface area contributed by atoms with Crippen molar-refractivity contribution in [3.05, 3.63) is 0 Å². The van der Waals surface area contributed by atoms with Crippen LogP contribution in [0.25, 0.3) is 0 Å². The van der Waals surface area contributed by atoms with E-state index in [-0.39, 0.29) is 0 Å². The highest BCUT2D eigenvalue weighted by molar-refractivity contribution is 4.71. The van der Waals surface area contributed by atoms with Gasteiger partial charge in [-0.2, -0.15) is 0 Å². The first-order valence-electron chi connectivity index (χ1n) is 9.62. The molecule has 1 unspecified atom stereocenters. The number of unbranched alkanes of at least 4 members (excludes halogenated alkanes) is 1. The standard InChI is InChI=1S/C19H44N4/c1-8-10-12-19(11-9-2)22(7)15-18-23(16-13-20(3)4)17-14-21(5)6/h19H,8-18H2,1-7H3. The first-order valence-corrected chi connectivity index (χ1v) is 9.62. The molecule has 0 aliphatic carbocycles. The van der Waals surface area contributed by atoms with Crippen molar-refractivity contribution in [3.8, 4) is 0 Å². The zero-order valence-electron chi connectivity index (χ0n) is 17.1. The van der Waals surface area contributed by atoms with Crippen LogP contribution < -0.4 is 0 Å². The lowest BCUT2D eigenvalue weighted by Gasteiger charge is -2.32. The van der Waals surface area contributed by atoms with E-state index in [2.05, 4.69) is 68.7 Å². The van der Waals surface area contributed by atoms with Gasteiger partial charge in [-0.15, -0.1) is 0 Å². The van der Waals surface area contributed by atoms with E-state index in [1.54, 1.807) is 0 Å². The third kappa shape index (κ3) is 12.9. The molecule has 23 heavy (non-hydrogen) atoms. The average Bonchev–Trinajstić information content (AvgIpc) is 2.49. The fourth-order valence-corrected chi connectivity index (χ4v) is 2.86. The van der Waals surface area contributed by atoms with Gasteiger partial charge in [0.1, 0.15) is 0 Å². The van der Waals surface area contributed by atoms with E-state index in [1.807, 2.05) is 0 Å². The minimum atomic E-state index is 0.768. The third-order valence-corrected chi connectivity index (χ3v) is 4.63. The van der Waals surface area contributed by atoms with E-state index in [0.717, 1.165) is 19.1 Å². The number of likely N-dealkylation sites (N-methyl/N-ethyl adjacent to an activating group) is 3. The van der Waals surface area contributed by atoms with Gasteiger partial charge in [-0.1, -0.05) is 33.1 Å². The Morgan fingerprint density at radius 1 is 0.609 bits per heavy atom. The van der Waals surface area contributed by atoms with Crippen molar-refractivity contribution < 1.29 is 0 Å². The zero-order chi connectivity index (χ0) is 17.7. The van der Waals surface area contributed by atoms with Gasteiger partial charge in [0.2, 0.25) is 0 Å². The van der Waals surface area contributed by atoms with Crippen LogP contribution in [-0.2, 0) is 0 Å². The quantitative estimate of drug-likeness (QED) is 0.458. The summed E-state index contributed by atoms with van der Waals surface area (Å²) in [6.45, 7) is 11.6. The molecule has 0 spiro atoms. The number of nitrogens with zero attached hydrogens (tertiary/aromatic N) is 4. The van der Waals surface area contributed by atoms with Gasteiger partial charge in [0, 0.05) is 45.3 Å². The summed E-state index contributed by atoms with van der Waals surface area (Å²) in [7, 11) is 11.0. The molecule has 0 aliphatic rings. The van der Waals surface area contributed by atoms with Gasteiger partial charge in [0.05, 0.1) is 0 Å². The van der Waals surface area contributed by atoms with Crippen LogP contribution in [0.2, 0.25) is 0 Å². The second kappa shape index (κ2) is 14.2. The van der Waals surface area contributed by atoms with Crippen molar-refractivity contribution in [3.63, 3.8) is 0 Å². The van der Waals surface area contributed by atoms with Gasteiger partial charge >= 0.3 is 0 Å². The highest BCUT2D eigenvalue weighted by Crippen LogP contribution is 2.13. The van der Waals surface area contributed by atoms with Crippen molar-refractivity contribution in [2.24, 2.45) is 0 Å². The molecular weight excluding hydrogens is 284 g/mol. The van der Waals surface area contributed by atoms with Crippen LogP contribution in [0.1, 0.15) is 46.0 Å². The largest absolute Gasteiger partial charge is 0.308 e. The molecule has 0 saturated carbocycles. The summed E-state index contributed by atoms with van der Waals surface area (Å²) in [6, 6.07) is 0.768.